The van der Waals surface area contributed by atoms with Crippen LogP contribution in [-0.2, 0) is 6.54 Å². The zero-order valence-electron chi connectivity index (χ0n) is 13.5. The van der Waals surface area contributed by atoms with Crippen molar-refractivity contribution in [2.24, 2.45) is 0 Å². The Kier molecular flexibility index (Phi) is 4.79. The number of nitrogens with one attached hydrogen (secondary N) is 2. The van der Waals surface area contributed by atoms with E-state index in [-0.39, 0.29) is 11.6 Å². The zero-order chi connectivity index (χ0) is 17.6. The molecule has 4 N–H and O–H groups in total. The third-order valence-electron chi connectivity index (χ3n) is 3.43. The van der Waals surface area contributed by atoms with Gasteiger partial charge in [-0.1, -0.05) is 12.1 Å². The lowest BCUT2D eigenvalue weighted by Gasteiger charge is -2.10. The number of nitrogens with zero attached hydrogens (tertiary/aromatic N) is 2. The molecule has 2 heterocycles. The molecule has 0 saturated heterocycles. The standard InChI is InChI=1S/C17H17N5O3/c1-24-15-9-14(25-22-15)17(23)21-12-5-2-4-11(8-12)10-20-13-6-3-7-19-16(13)18/h2-9,20H,10H2,1H3,(H2,18,19)(H,21,23). The molecule has 0 unspecified atom stereocenters. The summed E-state index contributed by atoms with van der Waals surface area (Å²) in [5, 5.41) is 9.56. The normalized spacial score (nSPS) is 10.3. The monoisotopic (exact) mass is 339 g/mol. The van der Waals surface area contributed by atoms with E-state index in [0.717, 1.165) is 11.3 Å². The molecule has 25 heavy (non-hydrogen) atoms. The molecule has 0 radical (unpaired) electrons. The van der Waals surface area contributed by atoms with Crippen molar-refractivity contribution in [3.05, 3.63) is 60.0 Å². The van der Waals surface area contributed by atoms with E-state index in [4.69, 9.17) is 15.0 Å². The molecule has 2 aromatic heterocycles. The van der Waals surface area contributed by atoms with E-state index in [1.807, 2.05) is 24.3 Å². The summed E-state index contributed by atoms with van der Waals surface area (Å²) in [6.07, 6.45) is 1.63. The van der Waals surface area contributed by atoms with Crippen LogP contribution in [0.5, 0.6) is 5.88 Å². The molecular weight excluding hydrogens is 322 g/mol. The Bertz CT molecular complexity index is 878. The second kappa shape index (κ2) is 7.35. The van der Waals surface area contributed by atoms with Crippen molar-refractivity contribution < 1.29 is 14.1 Å². The Hall–Kier alpha value is -3.55. The van der Waals surface area contributed by atoms with Crippen molar-refractivity contribution >= 4 is 23.1 Å². The molecule has 0 bridgehead atoms. The summed E-state index contributed by atoms with van der Waals surface area (Å²) >= 11 is 0. The molecule has 0 fully saturated rings. The number of amides is 1. The van der Waals surface area contributed by atoms with Gasteiger partial charge in [0.05, 0.1) is 18.9 Å². The SMILES string of the molecule is COc1cc(C(=O)Nc2cccc(CNc3cccnc3N)c2)on1. The van der Waals surface area contributed by atoms with Crippen LogP contribution < -0.4 is 21.1 Å². The van der Waals surface area contributed by atoms with E-state index >= 15 is 0 Å². The van der Waals surface area contributed by atoms with Gasteiger partial charge >= 0.3 is 0 Å². The van der Waals surface area contributed by atoms with Crippen LogP contribution in [0.2, 0.25) is 0 Å². The number of nitrogen functional groups attached to an aromatic ring is 1. The number of aromatic nitrogens is 2. The average Bonchev–Trinajstić information content (AvgIpc) is 3.11. The van der Waals surface area contributed by atoms with Crippen LogP contribution in [0.1, 0.15) is 16.1 Å². The van der Waals surface area contributed by atoms with Gasteiger partial charge in [0.15, 0.2) is 0 Å². The minimum Gasteiger partial charge on any atom is -0.479 e. The van der Waals surface area contributed by atoms with Crippen LogP contribution in [0.4, 0.5) is 17.2 Å². The molecule has 3 rings (SSSR count). The number of hydrogen-bond acceptors (Lipinski definition) is 7. The van der Waals surface area contributed by atoms with Crippen molar-refractivity contribution in [1.82, 2.24) is 10.1 Å². The number of benzene rings is 1. The van der Waals surface area contributed by atoms with Crippen LogP contribution >= 0.6 is 0 Å². The van der Waals surface area contributed by atoms with Gasteiger partial charge in [-0.2, -0.15) is 0 Å². The van der Waals surface area contributed by atoms with Crippen molar-refractivity contribution in [2.75, 3.05) is 23.5 Å². The summed E-state index contributed by atoms with van der Waals surface area (Å²) in [5.41, 5.74) is 8.16. The number of ether oxygens (including phenoxy) is 1. The topological polar surface area (TPSA) is 115 Å². The summed E-state index contributed by atoms with van der Waals surface area (Å²) in [5.74, 6) is 0.351. The number of pyridine rings is 1. The largest absolute Gasteiger partial charge is 0.479 e. The van der Waals surface area contributed by atoms with E-state index in [9.17, 15) is 4.79 Å². The number of methoxy groups -OCH3 is 1. The number of hydrogen-bond donors (Lipinski definition) is 3. The van der Waals surface area contributed by atoms with Crippen molar-refractivity contribution in [2.45, 2.75) is 6.54 Å². The van der Waals surface area contributed by atoms with Crippen LogP contribution in [0.15, 0.2) is 53.2 Å². The minimum absolute atomic E-state index is 0.0727. The van der Waals surface area contributed by atoms with Crippen LogP contribution in [0, 0.1) is 0 Å². The molecule has 8 heteroatoms. The van der Waals surface area contributed by atoms with Gasteiger partial charge in [-0.05, 0) is 35.0 Å². The first-order valence-electron chi connectivity index (χ1n) is 7.51. The third kappa shape index (κ3) is 4.05. The highest BCUT2D eigenvalue weighted by Gasteiger charge is 2.13. The fraction of sp³-hybridized carbons (Fsp3) is 0.118. The number of carbonyl (C=O) groups is 1. The Morgan fingerprint density at radius 1 is 1.28 bits per heavy atom. The Labute approximate surface area is 144 Å². The van der Waals surface area contributed by atoms with Gasteiger partial charge in [-0.25, -0.2) is 4.98 Å². The van der Waals surface area contributed by atoms with Crippen LogP contribution in [0.3, 0.4) is 0 Å². The quantitative estimate of drug-likeness (QED) is 0.632. The molecule has 128 valence electrons. The summed E-state index contributed by atoms with van der Waals surface area (Å²) in [6, 6.07) is 12.5. The highest BCUT2D eigenvalue weighted by molar-refractivity contribution is 6.02. The molecular formula is C17H17N5O3. The molecule has 3 aromatic rings. The summed E-state index contributed by atoms with van der Waals surface area (Å²) in [6.45, 7) is 0.537. The van der Waals surface area contributed by atoms with Crippen molar-refractivity contribution in [3.8, 4) is 5.88 Å². The predicted octanol–water partition coefficient (Wildman–Crippen LogP) is 2.52. The maximum Gasteiger partial charge on any atom is 0.294 e. The van der Waals surface area contributed by atoms with Gasteiger partial charge in [-0.3, -0.25) is 4.79 Å². The van der Waals surface area contributed by atoms with Crippen molar-refractivity contribution in [1.29, 1.82) is 0 Å². The molecule has 0 atom stereocenters. The molecule has 1 amide bonds. The average molecular weight is 339 g/mol. The van der Waals surface area contributed by atoms with E-state index in [1.54, 1.807) is 18.3 Å². The number of carbonyl (C=O) groups excluding carboxylic acids is 1. The predicted molar refractivity (Wildman–Crippen MR) is 93.4 cm³/mol. The maximum absolute atomic E-state index is 12.1. The van der Waals surface area contributed by atoms with E-state index in [1.165, 1.54) is 13.2 Å². The Balaban J connectivity index is 1.65. The highest BCUT2D eigenvalue weighted by atomic mass is 16.5. The van der Waals surface area contributed by atoms with Gasteiger partial charge < -0.3 is 25.6 Å². The molecule has 0 spiro atoms. The lowest BCUT2D eigenvalue weighted by molar-refractivity contribution is 0.0987. The zero-order valence-corrected chi connectivity index (χ0v) is 13.5. The number of nitrogens with two attached hydrogens (primary N) is 1. The highest BCUT2D eigenvalue weighted by Crippen LogP contribution is 2.18. The fourth-order valence-electron chi connectivity index (χ4n) is 2.18. The van der Waals surface area contributed by atoms with E-state index < -0.39 is 5.91 Å². The number of anilines is 3. The Morgan fingerprint density at radius 3 is 2.92 bits per heavy atom. The first kappa shape index (κ1) is 16.3. The van der Waals surface area contributed by atoms with Crippen LogP contribution in [0.25, 0.3) is 0 Å². The lowest BCUT2D eigenvalue weighted by atomic mass is 10.2. The minimum atomic E-state index is -0.405. The number of rotatable bonds is 6. The first-order valence-corrected chi connectivity index (χ1v) is 7.51. The van der Waals surface area contributed by atoms with Gasteiger partial charge in [0.1, 0.15) is 5.82 Å². The molecule has 0 aliphatic carbocycles. The van der Waals surface area contributed by atoms with Gasteiger partial charge in [0, 0.05) is 18.4 Å². The smallest absolute Gasteiger partial charge is 0.294 e. The van der Waals surface area contributed by atoms with Gasteiger partial charge in [0.25, 0.3) is 11.8 Å². The van der Waals surface area contributed by atoms with Gasteiger partial charge in [-0.15, -0.1) is 0 Å². The first-order chi connectivity index (χ1) is 12.2. The summed E-state index contributed by atoms with van der Waals surface area (Å²) < 4.78 is 9.81. The Morgan fingerprint density at radius 2 is 2.16 bits per heavy atom. The molecule has 0 aliphatic rings. The van der Waals surface area contributed by atoms with Crippen molar-refractivity contribution in [3.63, 3.8) is 0 Å². The van der Waals surface area contributed by atoms with E-state index in [0.29, 0.717) is 18.1 Å². The van der Waals surface area contributed by atoms with E-state index in [2.05, 4.69) is 20.8 Å². The molecule has 1 aromatic carbocycles. The maximum atomic E-state index is 12.1. The lowest BCUT2D eigenvalue weighted by Crippen LogP contribution is -2.11. The fourth-order valence-corrected chi connectivity index (χ4v) is 2.18. The van der Waals surface area contributed by atoms with Crippen LogP contribution in [-0.4, -0.2) is 23.2 Å². The molecule has 8 nitrogen and oxygen atoms in total. The second-order valence-corrected chi connectivity index (χ2v) is 5.18. The van der Waals surface area contributed by atoms with Gasteiger partial charge in [0.2, 0.25) is 5.76 Å². The summed E-state index contributed by atoms with van der Waals surface area (Å²) in [4.78, 5) is 16.2. The molecule has 0 aliphatic heterocycles. The third-order valence-corrected chi connectivity index (χ3v) is 3.43. The molecule has 0 saturated carbocycles. The summed E-state index contributed by atoms with van der Waals surface area (Å²) in [7, 11) is 1.45. The second-order valence-electron chi connectivity index (χ2n) is 5.18.